The second-order valence-corrected chi connectivity index (χ2v) is 6.54. The maximum Gasteiger partial charge on any atom is 0.0512 e. The predicted molar refractivity (Wildman–Crippen MR) is 84.0 cm³/mol. The van der Waals surface area contributed by atoms with Gasteiger partial charge in [0.25, 0.3) is 0 Å². The second-order valence-electron chi connectivity index (χ2n) is 6.13. The largest absolute Gasteiger partial charge is 0.326 e. The maximum absolute atomic E-state index is 6.38. The molecule has 3 nitrogen and oxygen atoms in total. The molecule has 0 bridgehead atoms. The Hall–Kier alpha value is -0.610. The quantitative estimate of drug-likeness (QED) is 0.926. The van der Waals surface area contributed by atoms with E-state index in [1.807, 2.05) is 12.1 Å². The van der Waals surface area contributed by atoms with Gasteiger partial charge in [-0.3, -0.25) is 9.80 Å². The molecule has 0 amide bonds. The molecule has 1 aromatic rings. The Kier molecular flexibility index (Phi) is 4.32. The van der Waals surface area contributed by atoms with Crippen LogP contribution in [0.15, 0.2) is 24.3 Å². The Morgan fingerprint density at radius 3 is 2.35 bits per heavy atom. The summed E-state index contributed by atoms with van der Waals surface area (Å²) in [5.74, 6) is 0. The second kappa shape index (κ2) is 6.02. The summed E-state index contributed by atoms with van der Waals surface area (Å²) in [7, 11) is 0. The molecule has 4 heteroatoms. The van der Waals surface area contributed by atoms with Gasteiger partial charge in [0.1, 0.15) is 0 Å². The van der Waals surface area contributed by atoms with Crippen molar-refractivity contribution in [3.8, 4) is 0 Å². The van der Waals surface area contributed by atoms with Gasteiger partial charge in [0, 0.05) is 43.3 Å². The highest BCUT2D eigenvalue weighted by atomic mass is 35.5. The first-order valence-corrected chi connectivity index (χ1v) is 8.02. The lowest BCUT2D eigenvalue weighted by atomic mass is 9.98. The van der Waals surface area contributed by atoms with Crippen LogP contribution in [-0.4, -0.2) is 48.1 Å². The Morgan fingerprint density at radius 2 is 1.80 bits per heavy atom. The Labute approximate surface area is 126 Å². The average Bonchev–Trinajstić information content (AvgIpc) is 3.26. The SMILES string of the molecule is CC(N)C(c1ccccc1Cl)N1CCN(C2CC2)CC1. The highest BCUT2D eigenvalue weighted by Gasteiger charge is 2.34. The van der Waals surface area contributed by atoms with Gasteiger partial charge in [-0.05, 0) is 31.4 Å². The van der Waals surface area contributed by atoms with Crippen molar-refractivity contribution in [1.82, 2.24) is 9.80 Å². The maximum atomic E-state index is 6.38. The number of halogens is 1. The molecule has 2 aliphatic rings. The lowest BCUT2D eigenvalue weighted by Gasteiger charge is -2.41. The molecular weight excluding hydrogens is 270 g/mol. The molecule has 0 spiro atoms. The molecule has 2 unspecified atom stereocenters. The van der Waals surface area contributed by atoms with E-state index in [9.17, 15) is 0 Å². The van der Waals surface area contributed by atoms with Crippen LogP contribution in [0, 0.1) is 0 Å². The molecule has 0 aromatic heterocycles. The fourth-order valence-electron chi connectivity index (χ4n) is 3.35. The number of nitrogens with two attached hydrogens (primary N) is 1. The van der Waals surface area contributed by atoms with E-state index < -0.39 is 0 Å². The van der Waals surface area contributed by atoms with Crippen molar-refractivity contribution in [2.45, 2.75) is 37.9 Å². The number of benzene rings is 1. The molecule has 1 saturated carbocycles. The van der Waals surface area contributed by atoms with Crippen LogP contribution >= 0.6 is 11.6 Å². The molecule has 20 heavy (non-hydrogen) atoms. The molecule has 1 aliphatic carbocycles. The first-order chi connectivity index (χ1) is 9.66. The lowest BCUT2D eigenvalue weighted by Crippen LogP contribution is -2.51. The third-order valence-electron chi connectivity index (χ3n) is 4.53. The highest BCUT2D eigenvalue weighted by molar-refractivity contribution is 6.31. The normalized spacial score (nSPS) is 24.6. The summed E-state index contributed by atoms with van der Waals surface area (Å²) in [4.78, 5) is 5.13. The van der Waals surface area contributed by atoms with Crippen molar-refractivity contribution in [2.24, 2.45) is 5.73 Å². The van der Waals surface area contributed by atoms with Crippen molar-refractivity contribution in [3.63, 3.8) is 0 Å². The van der Waals surface area contributed by atoms with Crippen LogP contribution in [0.4, 0.5) is 0 Å². The topological polar surface area (TPSA) is 32.5 Å². The summed E-state index contributed by atoms with van der Waals surface area (Å²) in [6, 6.07) is 9.29. The average molecular weight is 294 g/mol. The minimum absolute atomic E-state index is 0.0855. The van der Waals surface area contributed by atoms with Crippen molar-refractivity contribution in [3.05, 3.63) is 34.9 Å². The van der Waals surface area contributed by atoms with Crippen LogP contribution < -0.4 is 5.73 Å². The fraction of sp³-hybridized carbons (Fsp3) is 0.625. The van der Waals surface area contributed by atoms with Crippen molar-refractivity contribution >= 4 is 11.6 Å². The van der Waals surface area contributed by atoms with Gasteiger partial charge in [0.05, 0.1) is 6.04 Å². The van der Waals surface area contributed by atoms with E-state index in [2.05, 4.69) is 28.9 Å². The Balaban J connectivity index is 1.73. The third-order valence-corrected chi connectivity index (χ3v) is 4.87. The number of rotatable bonds is 4. The molecule has 1 saturated heterocycles. The zero-order valence-corrected chi connectivity index (χ0v) is 12.9. The highest BCUT2D eigenvalue weighted by Crippen LogP contribution is 2.32. The molecule has 1 aromatic carbocycles. The van der Waals surface area contributed by atoms with E-state index in [1.54, 1.807) is 0 Å². The summed E-state index contributed by atoms with van der Waals surface area (Å²) in [6.07, 6.45) is 2.78. The smallest absolute Gasteiger partial charge is 0.0512 e. The van der Waals surface area contributed by atoms with Crippen molar-refractivity contribution in [2.75, 3.05) is 26.2 Å². The van der Waals surface area contributed by atoms with Crippen LogP contribution in [0.2, 0.25) is 5.02 Å². The van der Waals surface area contributed by atoms with Gasteiger partial charge < -0.3 is 5.73 Å². The third kappa shape index (κ3) is 3.01. The van der Waals surface area contributed by atoms with Crippen molar-refractivity contribution in [1.29, 1.82) is 0 Å². The number of piperazine rings is 1. The molecule has 110 valence electrons. The molecular formula is C16H24ClN3. The van der Waals surface area contributed by atoms with E-state index in [1.165, 1.54) is 31.5 Å². The Bertz CT molecular complexity index is 451. The summed E-state index contributed by atoms with van der Waals surface area (Å²) in [5.41, 5.74) is 7.43. The molecule has 2 N–H and O–H groups in total. The summed E-state index contributed by atoms with van der Waals surface area (Å²) in [6.45, 7) is 6.60. The predicted octanol–water partition coefficient (Wildman–Crippen LogP) is 2.51. The zero-order chi connectivity index (χ0) is 14.1. The van der Waals surface area contributed by atoms with Crippen molar-refractivity contribution < 1.29 is 0 Å². The lowest BCUT2D eigenvalue weighted by molar-refractivity contribution is 0.0826. The molecule has 2 fully saturated rings. The first kappa shape index (κ1) is 14.3. The van der Waals surface area contributed by atoms with Crippen LogP contribution in [-0.2, 0) is 0 Å². The van der Waals surface area contributed by atoms with Gasteiger partial charge >= 0.3 is 0 Å². The van der Waals surface area contributed by atoms with E-state index in [0.29, 0.717) is 0 Å². The summed E-state index contributed by atoms with van der Waals surface area (Å²) in [5, 5.41) is 0.833. The Morgan fingerprint density at radius 1 is 1.15 bits per heavy atom. The molecule has 0 radical (unpaired) electrons. The number of hydrogen-bond acceptors (Lipinski definition) is 3. The van der Waals surface area contributed by atoms with Gasteiger partial charge in [-0.25, -0.2) is 0 Å². The molecule has 1 aliphatic heterocycles. The fourth-order valence-corrected chi connectivity index (χ4v) is 3.60. The monoisotopic (exact) mass is 293 g/mol. The van der Waals surface area contributed by atoms with Gasteiger partial charge in [-0.1, -0.05) is 29.8 Å². The minimum Gasteiger partial charge on any atom is -0.326 e. The minimum atomic E-state index is 0.0855. The van der Waals surface area contributed by atoms with Crippen LogP contribution in [0.25, 0.3) is 0 Å². The number of hydrogen-bond donors (Lipinski definition) is 1. The van der Waals surface area contributed by atoms with Gasteiger partial charge in [0.2, 0.25) is 0 Å². The van der Waals surface area contributed by atoms with E-state index in [4.69, 9.17) is 17.3 Å². The standard InChI is InChI=1S/C16H24ClN3/c1-12(18)16(14-4-2-3-5-15(14)17)20-10-8-19(9-11-20)13-6-7-13/h2-5,12-13,16H,6-11,18H2,1H3. The molecule has 3 rings (SSSR count). The molecule has 2 atom stereocenters. The van der Waals surface area contributed by atoms with Gasteiger partial charge in [-0.15, -0.1) is 0 Å². The zero-order valence-electron chi connectivity index (χ0n) is 12.1. The van der Waals surface area contributed by atoms with E-state index >= 15 is 0 Å². The molecule has 1 heterocycles. The summed E-state index contributed by atoms with van der Waals surface area (Å²) >= 11 is 6.38. The van der Waals surface area contributed by atoms with E-state index in [-0.39, 0.29) is 12.1 Å². The number of nitrogens with zero attached hydrogens (tertiary/aromatic N) is 2. The first-order valence-electron chi connectivity index (χ1n) is 7.65. The van der Waals surface area contributed by atoms with Gasteiger partial charge in [-0.2, -0.15) is 0 Å². The van der Waals surface area contributed by atoms with E-state index in [0.717, 1.165) is 24.2 Å². The van der Waals surface area contributed by atoms with Crippen LogP contribution in [0.5, 0.6) is 0 Å². The summed E-state index contributed by atoms with van der Waals surface area (Å²) < 4.78 is 0. The van der Waals surface area contributed by atoms with Crippen LogP contribution in [0.3, 0.4) is 0 Å². The van der Waals surface area contributed by atoms with Crippen LogP contribution in [0.1, 0.15) is 31.4 Å². The van der Waals surface area contributed by atoms with Gasteiger partial charge in [0.15, 0.2) is 0 Å².